The highest BCUT2D eigenvalue weighted by molar-refractivity contribution is 5.99. The van der Waals surface area contributed by atoms with Crippen molar-refractivity contribution in [2.24, 2.45) is 0 Å². The van der Waals surface area contributed by atoms with E-state index >= 15 is 0 Å². The minimum absolute atomic E-state index is 0.00499. The number of carbonyl (C=O) groups excluding carboxylic acids is 1. The minimum atomic E-state index is -0.325. The molecule has 0 aliphatic heterocycles. The van der Waals surface area contributed by atoms with Gasteiger partial charge in [0, 0.05) is 11.8 Å². The van der Waals surface area contributed by atoms with Gasteiger partial charge in [0.15, 0.2) is 0 Å². The van der Waals surface area contributed by atoms with Gasteiger partial charge in [-0.25, -0.2) is 0 Å². The van der Waals surface area contributed by atoms with Gasteiger partial charge in [0.1, 0.15) is 0 Å². The molecule has 1 rings (SSSR count). The number of aryl methyl sites for hydroxylation is 1. The summed E-state index contributed by atoms with van der Waals surface area (Å²) < 4.78 is 0. The second-order valence-electron chi connectivity index (χ2n) is 3.14. The fourth-order valence-electron chi connectivity index (χ4n) is 1.00. The summed E-state index contributed by atoms with van der Waals surface area (Å²) >= 11 is 0. The summed E-state index contributed by atoms with van der Waals surface area (Å²) in [5.41, 5.74) is 1.86. The Bertz CT molecular complexity index is 348. The van der Waals surface area contributed by atoms with Gasteiger partial charge >= 0.3 is 0 Å². The highest BCUT2D eigenvalue weighted by Gasteiger charge is 1.98. The first-order chi connectivity index (χ1) is 6.58. The molecule has 0 aromatic heterocycles. The first-order valence-corrected chi connectivity index (χ1v) is 4.33. The van der Waals surface area contributed by atoms with Gasteiger partial charge in [-0.05, 0) is 26.0 Å². The van der Waals surface area contributed by atoms with E-state index in [4.69, 9.17) is 5.11 Å². The zero-order chi connectivity index (χ0) is 10.6. The van der Waals surface area contributed by atoms with Gasteiger partial charge < -0.3 is 10.4 Å². The average molecular weight is 191 g/mol. The number of aliphatic hydroxyl groups is 1. The maximum atomic E-state index is 11.2. The molecule has 1 aromatic carbocycles. The van der Waals surface area contributed by atoms with Crippen molar-refractivity contribution < 1.29 is 9.90 Å². The van der Waals surface area contributed by atoms with E-state index in [1.165, 1.54) is 6.92 Å². The quantitative estimate of drug-likeness (QED) is 0.557. The molecular weight excluding hydrogens is 178 g/mol. The third-order valence-corrected chi connectivity index (χ3v) is 1.66. The second-order valence-corrected chi connectivity index (χ2v) is 3.14. The molecule has 0 aliphatic carbocycles. The Labute approximate surface area is 83.1 Å². The van der Waals surface area contributed by atoms with Crippen LogP contribution in [0.1, 0.15) is 12.5 Å². The molecule has 3 nitrogen and oxygen atoms in total. The van der Waals surface area contributed by atoms with Crippen molar-refractivity contribution in [3.63, 3.8) is 0 Å². The van der Waals surface area contributed by atoms with Crippen LogP contribution in [0.5, 0.6) is 0 Å². The zero-order valence-electron chi connectivity index (χ0n) is 8.24. The number of carbonyl (C=O) groups is 1. The van der Waals surface area contributed by atoms with Gasteiger partial charge in [0.05, 0.1) is 5.76 Å². The number of aliphatic hydroxyl groups excluding tert-OH is 1. The molecule has 0 aliphatic rings. The highest BCUT2D eigenvalue weighted by Crippen LogP contribution is 2.08. The second kappa shape index (κ2) is 4.46. The maximum absolute atomic E-state index is 11.2. The van der Waals surface area contributed by atoms with Gasteiger partial charge in [-0.3, -0.25) is 4.79 Å². The van der Waals surface area contributed by atoms with Crippen molar-refractivity contribution in [3.8, 4) is 0 Å². The van der Waals surface area contributed by atoms with Gasteiger partial charge in [-0.15, -0.1) is 0 Å². The number of anilines is 1. The Hall–Kier alpha value is -1.77. The lowest BCUT2D eigenvalue weighted by Gasteiger charge is -2.02. The number of amides is 1. The van der Waals surface area contributed by atoms with E-state index in [0.717, 1.165) is 17.3 Å². The summed E-state index contributed by atoms with van der Waals surface area (Å²) in [6, 6.07) is 7.44. The fourth-order valence-corrected chi connectivity index (χ4v) is 1.00. The van der Waals surface area contributed by atoms with E-state index in [9.17, 15) is 4.79 Å². The normalized spacial score (nSPS) is 11.1. The van der Waals surface area contributed by atoms with Crippen LogP contribution in [0.25, 0.3) is 0 Å². The predicted octanol–water partition coefficient (Wildman–Crippen LogP) is 2.40. The summed E-state index contributed by atoms with van der Waals surface area (Å²) in [4.78, 5) is 11.2. The molecule has 1 aromatic rings. The number of hydrogen-bond donors (Lipinski definition) is 2. The van der Waals surface area contributed by atoms with Crippen LogP contribution in [0.2, 0.25) is 0 Å². The zero-order valence-corrected chi connectivity index (χ0v) is 8.24. The minimum Gasteiger partial charge on any atom is -0.512 e. The Balaban J connectivity index is 2.66. The van der Waals surface area contributed by atoms with Gasteiger partial charge in [0.25, 0.3) is 5.91 Å². The molecule has 0 fully saturated rings. The lowest BCUT2D eigenvalue weighted by Crippen LogP contribution is -2.08. The topological polar surface area (TPSA) is 49.3 Å². The summed E-state index contributed by atoms with van der Waals surface area (Å²) in [6.07, 6.45) is 1.14. The molecule has 0 bridgehead atoms. The van der Waals surface area contributed by atoms with Crippen LogP contribution in [-0.2, 0) is 4.79 Å². The van der Waals surface area contributed by atoms with Crippen LogP contribution in [0.3, 0.4) is 0 Å². The molecule has 3 heteroatoms. The van der Waals surface area contributed by atoms with Gasteiger partial charge in [0.2, 0.25) is 0 Å². The van der Waals surface area contributed by atoms with Crippen molar-refractivity contribution in [1.29, 1.82) is 0 Å². The molecular formula is C11H13NO2. The third kappa shape index (κ3) is 3.31. The number of rotatable bonds is 2. The van der Waals surface area contributed by atoms with E-state index < -0.39 is 0 Å². The summed E-state index contributed by atoms with van der Waals surface area (Å²) in [5.74, 6) is -0.330. The van der Waals surface area contributed by atoms with Crippen LogP contribution in [0.4, 0.5) is 5.69 Å². The molecule has 0 saturated heterocycles. The molecule has 74 valence electrons. The SMILES string of the molecule is CC(O)=CC(=O)Nc1ccc(C)cc1. The summed E-state index contributed by atoms with van der Waals surface area (Å²) in [6.45, 7) is 3.43. The van der Waals surface area contributed by atoms with E-state index in [-0.39, 0.29) is 11.7 Å². The Morgan fingerprint density at radius 2 is 1.93 bits per heavy atom. The molecule has 2 N–H and O–H groups in total. The molecule has 0 heterocycles. The first-order valence-electron chi connectivity index (χ1n) is 4.33. The molecule has 0 atom stereocenters. The smallest absolute Gasteiger partial charge is 0.251 e. The van der Waals surface area contributed by atoms with E-state index in [1.807, 2.05) is 31.2 Å². The van der Waals surface area contributed by atoms with Gasteiger partial charge in [-0.2, -0.15) is 0 Å². The summed E-state index contributed by atoms with van der Waals surface area (Å²) in [7, 11) is 0. The number of hydrogen-bond acceptors (Lipinski definition) is 2. The van der Waals surface area contributed by atoms with Crippen molar-refractivity contribution in [2.45, 2.75) is 13.8 Å². The third-order valence-electron chi connectivity index (χ3n) is 1.66. The van der Waals surface area contributed by atoms with Crippen molar-refractivity contribution in [3.05, 3.63) is 41.7 Å². The number of benzene rings is 1. The molecule has 0 saturated carbocycles. The first kappa shape index (κ1) is 10.3. The Morgan fingerprint density at radius 1 is 1.36 bits per heavy atom. The van der Waals surface area contributed by atoms with Crippen molar-refractivity contribution in [2.75, 3.05) is 5.32 Å². The van der Waals surface area contributed by atoms with Gasteiger partial charge in [-0.1, -0.05) is 17.7 Å². The van der Waals surface area contributed by atoms with Crippen LogP contribution in [0, 0.1) is 6.92 Å². The van der Waals surface area contributed by atoms with E-state index in [0.29, 0.717) is 0 Å². The van der Waals surface area contributed by atoms with Crippen LogP contribution < -0.4 is 5.32 Å². The van der Waals surface area contributed by atoms with E-state index in [1.54, 1.807) is 0 Å². The molecule has 0 radical (unpaired) electrons. The lowest BCUT2D eigenvalue weighted by molar-refractivity contribution is -0.112. The standard InChI is InChI=1S/C11H13NO2/c1-8-3-5-10(6-4-8)12-11(14)7-9(2)13/h3-7,13H,1-2H3,(H,12,14). The number of nitrogens with one attached hydrogen (secondary N) is 1. The van der Waals surface area contributed by atoms with Crippen LogP contribution in [0.15, 0.2) is 36.1 Å². The Morgan fingerprint density at radius 3 is 2.43 bits per heavy atom. The monoisotopic (exact) mass is 191 g/mol. The predicted molar refractivity (Wildman–Crippen MR) is 56.2 cm³/mol. The molecule has 1 amide bonds. The van der Waals surface area contributed by atoms with E-state index in [2.05, 4.69) is 5.32 Å². The highest BCUT2D eigenvalue weighted by atomic mass is 16.3. The lowest BCUT2D eigenvalue weighted by atomic mass is 10.2. The fraction of sp³-hybridized carbons (Fsp3) is 0.182. The molecule has 14 heavy (non-hydrogen) atoms. The van der Waals surface area contributed by atoms with Crippen LogP contribution in [-0.4, -0.2) is 11.0 Å². The largest absolute Gasteiger partial charge is 0.512 e. The van der Waals surface area contributed by atoms with Crippen molar-refractivity contribution >= 4 is 11.6 Å². The molecule has 0 unspecified atom stereocenters. The average Bonchev–Trinajstić information content (AvgIpc) is 2.07. The number of allylic oxidation sites excluding steroid dienone is 1. The molecule has 0 spiro atoms. The van der Waals surface area contributed by atoms with Crippen LogP contribution >= 0.6 is 0 Å². The maximum Gasteiger partial charge on any atom is 0.251 e. The summed E-state index contributed by atoms with van der Waals surface area (Å²) in [5, 5.41) is 11.5. The van der Waals surface area contributed by atoms with Crippen molar-refractivity contribution in [1.82, 2.24) is 0 Å². The Kier molecular flexibility index (Phi) is 3.29.